The lowest BCUT2D eigenvalue weighted by molar-refractivity contribution is 0.340. The highest BCUT2D eigenvalue weighted by Gasteiger charge is 2.19. The lowest BCUT2D eigenvalue weighted by Crippen LogP contribution is -2.38. The molecule has 0 spiro atoms. The second kappa shape index (κ2) is 6.91. The fraction of sp³-hybridized carbons (Fsp3) is 0.625. The molecule has 0 saturated heterocycles. The highest BCUT2D eigenvalue weighted by atomic mass is 15.0. The van der Waals surface area contributed by atoms with Crippen molar-refractivity contribution in [2.24, 2.45) is 5.73 Å². The molecule has 18 heavy (non-hydrogen) atoms. The zero-order valence-corrected chi connectivity index (χ0v) is 11.5. The predicted octanol–water partition coefficient (Wildman–Crippen LogP) is 3.17. The molecule has 3 N–H and O–H groups in total. The molecule has 0 radical (unpaired) electrons. The standard InChI is InChI=1S/C16H26N2/c1-2-13-8-6-7-11-15(13)16(12-17)18-14-9-4-3-5-10-14/h6-8,11,14,16,18H,2-5,9-10,12,17H2,1H3. The molecule has 2 rings (SSSR count). The van der Waals surface area contributed by atoms with Gasteiger partial charge in [0.1, 0.15) is 0 Å². The minimum atomic E-state index is 0.323. The van der Waals surface area contributed by atoms with Crippen molar-refractivity contribution < 1.29 is 0 Å². The van der Waals surface area contributed by atoms with Crippen molar-refractivity contribution in [1.29, 1.82) is 0 Å². The van der Waals surface area contributed by atoms with E-state index in [1.165, 1.54) is 43.2 Å². The van der Waals surface area contributed by atoms with Crippen LogP contribution in [0.15, 0.2) is 24.3 Å². The van der Waals surface area contributed by atoms with Crippen LogP contribution in [-0.4, -0.2) is 12.6 Å². The van der Waals surface area contributed by atoms with E-state index in [0.717, 1.165) is 6.42 Å². The molecule has 0 amide bonds. The predicted molar refractivity (Wildman–Crippen MR) is 77.6 cm³/mol. The van der Waals surface area contributed by atoms with Crippen molar-refractivity contribution >= 4 is 0 Å². The van der Waals surface area contributed by atoms with Crippen LogP contribution in [0, 0.1) is 0 Å². The highest BCUT2D eigenvalue weighted by Crippen LogP contribution is 2.23. The Morgan fingerprint density at radius 3 is 2.61 bits per heavy atom. The Kier molecular flexibility index (Phi) is 5.21. The van der Waals surface area contributed by atoms with E-state index in [9.17, 15) is 0 Å². The third-order valence-corrected chi connectivity index (χ3v) is 4.09. The molecule has 2 nitrogen and oxygen atoms in total. The van der Waals surface area contributed by atoms with Gasteiger partial charge in [0.05, 0.1) is 0 Å². The molecule has 0 bridgehead atoms. The van der Waals surface area contributed by atoms with Crippen molar-refractivity contribution in [1.82, 2.24) is 5.32 Å². The van der Waals surface area contributed by atoms with Gasteiger partial charge in [-0.15, -0.1) is 0 Å². The molecule has 100 valence electrons. The number of benzene rings is 1. The van der Waals surface area contributed by atoms with E-state index >= 15 is 0 Å². The maximum Gasteiger partial charge on any atom is 0.0449 e. The van der Waals surface area contributed by atoms with Crippen LogP contribution in [0.4, 0.5) is 0 Å². The summed E-state index contributed by atoms with van der Waals surface area (Å²) in [4.78, 5) is 0. The Labute approximate surface area is 111 Å². The summed E-state index contributed by atoms with van der Waals surface area (Å²) >= 11 is 0. The normalized spacial score (nSPS) is 18.8. The third-order valence-electron chi connectivity index (χ3n) is 4.09. The van der Waals surface area contributed by atoms with Crippen LogP contribution in [0.5, 0.6) is 0 Å². The van der Waals surface area contributed by atoms with E-state index in [0.29, 0.717) is 18.6 Å². The quantitative estimate of drug-likeness (QED) is 0.837. The first-order chi connectivity index (χ1) is 8.85. The van der Waals surface area contributed by atoms with Crippen LogP contribution < -0.4 is 11.1 Å². The molecule has 1 atom stereocenters. The molecule has 1 saturated carbocycles. The summed E-state index contributed by atoms with van der Waals surface area (Å²) in [7, 11) is 0. The average Bonchev–Trinajstić information content (AvgIpc) is 2.46. The molecule has 1 aromatic carbocycles. The van der Waals surface area contributed by atoms with Crippen LogP contribution in [0.3, 0.4) is 0 Å². The molecule has 1 aromatic rings. The minimum absolute atomic E-state index is 0.323. The molecule has 1 aliphatic carbocycles. The van der Waals surface area contributed by atoms with Crippen molar-refractivity contribution in [2.75, 3.05) is 6.54 Å². The molecule has 0 aromatic heterocycles. The van der Waals surface area contributed by atoms with Crippen molar-refractivity contribution in [3.8, 4) is 0 Å². The maximum absolute atomic E-state index is 5.98. The number of hydrogen-bond acceptors (Lipinski definition) is 2. The minimum Gasteiger partial charge on any atom is -0.329 e. The summed E-state index contributed by atoms with van der Waals surface area (Å²) in [5.74, 6) is 0. The van der Waals surface area contributed by atoms with Crippen LogP contribution in [0.2, 0.25) is 0 Å². The van der Waals surface area contributed by atoms with E-state index in [4.69, 9.17) is 5.73 Å². The summed E-state index contributed by atoms with van der Waals surface area (Å²) in [5, 5.41) is 3.77. The summed E-state index contributed by atoms with van der Waals surface area (Å²) in [6.07, 6.45) is 7.83. The molecule has 0 heterocycles. The number of hydrogen-bond donors (Lipinski definition) is 2. The molecule has 1 fully saturated rings. The van der Waals surface area contributed by atoms with E-state index in [2.05, 4.69) is 36.5 Å². The third kappa shape index (κ3) is 3.33. The van der Waals surface area contributed by atoms with Crippen molar-refractivity contribution in [2.45, 2.75) is 57.5 Å². The summed E-state index contributed by atoms with van der Waals surface area (Å²) in [5.41, 5.74) is 8.81. The van der Waals surface area contributed by atoms with Gasteiger partial charge in [0.25, 0.3) is 0 Å². The van der Waals surface area contributed by atoms with E-state index in [1.54, 1.807) is 0 Å². The molecular weight excluding hydrogens is 220 g/mol. The lowest BCUT2D eigenvalue weighted by atomic mass is 9.92. The fourth-order valence-corrected chi connectivity index (χ4v) is 3.03. The second-order valence-corrected chi connectivity index (χ2v) is 5.34. The Hall–Kier alpha value is -0.860. The van der Waals surface area contributed by atoms with Crippen LogP contribution in [0.25, 0.3) is 0 Å². The van der Waals surface area contributed by atoms with Gasteiger partial charge in [-0.25, -0.2) is 0 Å². The number of aryl methyl sites for hydroxylation is 1. The first kappa shape index (κ1) is 13.6. The molecule has 2 heteroatoms. The van der Waals surface area contributed by atoms with Gasteiger partial charge >= 0.3 is 0 Å². The van der Waals surface area contributed by atoms with Gasteiger partial charge in [0.15, 0.2) is 0 Å². The smallest absolute Gasteiger partial charge is 0.0449 e. The summed E-state index contributed by atoms with van der Waals surface area (Å²) < 4.78 is 0. The van der Waals surface area contributed by atoms with Crippen molar-refractivity contribution in [3.63, 3.8) is 0 Å². The zero-order valence-electron chi connectivity index (χ0n) is 11.5. The van der Waals surface area contributed by atoms with E-state index in [-0.39, 0.29) is 0 Å². The Bertz CT molecular complexity index is 356. The first-order valence-electron chi connectivity index (χ1n) is 7.39. The van der Waals surface area contributed by atoms with Crippen molar-refractivity contribution in [3.05, 3.63) is 35.4 Å². The highest BCUT2D eigenvalue weighted by molar-refractivity contribution is 5.30. The van der Waals surface area contributed by atoms with Gasteiger partial charge in [0, 0.05) is 18.6 Å². The zero-order chi connectivity index (χ0) is 12.8. The topological polar surface area (TPSA) is 38.0 Å². The second-order valence-electron chi connectivity index (χ2n) is 5.34. The first-order valence-corrected chi connectivity index (χ1v) is 7.39. The number of rotatable bonds is 5. The summed E-state index contributed by atoms with van der Waals surface area (Å²) in [6, 6.07) is 9.68. The molecule has 0 aliphatic heterocycles. The van der Waals surface area contributed by atoms with Gasteiger partial charge in [-0.1, -0.05) is 50.5 Å². The molecule has 1 unspecified atom stereocenters. The van der Waals surface area contributed by atoms with Gasteiger partial charge in [0.2, 0.25) is 0 Å². The van der Waals surface area contributed by atoms with Gasteiger partial charge in [-0.2, -0.15) is 0 Å². The van der Waals surface area contributed by atoms with Crippen LogP contribution in [-0.2, 0) is 6.42 Å². The number of nitrogens with two attached hydrogens (primary N) is 1. The monoisotopic (exact) mass is 246 g/mol. The maximum atomic E-state index is 5.98. The van der Waals surface area contributed by atoms with E-state index < -0.39 is 0 Å². The Balaban J connectivity index is 2.07. The fourth-order valence-electron chi connectivity index (χ4n) is 3.03. The lowest BCUT2D eigenvalue weighted by Gasteiger charge is -2.29. The van der Waals surface area contributed by atoms with E-state index in [1.807, 2.05) is 0 Å². The Morgan fingerprint density at radius 2 is 1.94 bits per heavy atom. The molecule has 1 aliphatic rings. The van der Waals surface area contributed by atoms with Gasteiger partial charge in [-0.3, -0.25) is 0 Å². The van der Waals surface area contributed by atoms with Crippen LogP contribution in [0.1, 0.15) is 56.2 Å². The van der Waals surface area contributed by atoms with Gasteiger partial charge < -0.3 is 11.1 Å². The summed E-state index contributed by atoms with van der Waals surface area (Å²) in [6.45, 7) is 2.90. The largest absolute Gasteiger partial charge is 0.329 e. The van der Waals surface area contributed by atoms with Gasteiger partial charge in [-0.05, 0) is 30.4 Å². The number of nitrogens with one attached hydrogen (secondary N) is 1. The Morgan fingerprint density at radius 1 is 1.22 bits per heavy atom. The van der Waals surface area contributed by atoms with Crippen LogP contribution >= 0.6 is 0 Å². The molecular formula is C16H26N2. The average molecular weight is 246 g/mol. The SMILES string of the molecule is CCc1ccccc1C(CN)NC1CCCCC1.